The summed E-state index contributed by atoms with van der Waals surface area (Å²) >= 11 is 0. The molecule has 0 aromatic heterocycles. The molecule has 0 aromatic rings. The van der Waals surface area contributed by atoms with Gasteiger partial charge >= 0.3 is 6.18 Å². The molecule has 0 saturated heterocycles. The van der Waals surface area contributed by atoms with E-state index in [0.717, 1.165) is 19.6 Å². The highest BCUT2D eigenvalue weighted by molar-refractivity contribution is 4.58. The number of hydrogen-bond donors (Lipinski definition) is 1. The van der Waals surface area contributed by atoms with Crippen molar-refractivity contribution < 1.29 is 13.2 Å². The van der Waals surface area contributed by atoms with Gasteiger partial charge in [0.1, 0.15) is 0 Å². The first kappa shape index (κ1) is 15.7. The number of alkyl halides is 3. The average Bonchev–Trinajstić information content (AvgIpc) is 2.10. The molecule has 0 rings (SSSR count). The summed E-state index contributed by atoms with van der Waals surface area (Å²) in [7, 11) is 1.85. The van der Waals surface area contributed by atoms with Crippen molar-refractivity contribution in [2.45, 2.75) is 32.9 Å². The first-order chi connectivity index (χ1) is 7.31. The number of nitrogens with zero attached hydrogens (tertiary/aromatic N) is 1. The van der Waals surface area contributed by atoms with Gasteiger partial charge in [0.25, 0.3) is 0 Å². The van der Waals surface area contributed by atoms with E-state index in [1.165, 1.54) is 0 Å². The Hall–Kier alpha value is -0.290. The molecule has 0 aromatic carbocycles. The molecular formula is C11H23F3N2. The zero-order valence-electron chi connectivity index (χ0n) is 10.4. The molecule has 0 aliphatic carbocycles. The average molecular weight is 240 g/mol. The van der Waals surface area contributed by atoms with Crippen LogP contribution in [0.15, 0.2) is 0 Å². The van der Waals surface area contributed by atoms with Crippen molar-refractivity contribution in [1.82, 2.24) is 10.2 Å². The molecule has 0 spiro atoms. The monoisotopic (exact) mass is 240 g/mol. The highest BCUT2D eigenvalue weighted by Crippen LogP contribution is 2.21. The molecule has 0 atom stereocenters. The van der Waals surface area contributed by atoms with Crippen LogP contribution in [0.25, 0.3) is 0 Å². The van der Waals surface area contributed by atoms with Gasteiger partial charge in [-0.25, -0.2) is 0 Å². The Morgan fingerprint density at radius 3 is 2.31 bits per heavy atom. The van der Waals surface area contributed by atoms with Gasteiger partial charge in [-0.1, -0.05) is 13.8 Å². The molecule has 0 aliphatic heterocycles. The number of likely N-dealkylation sites (N-methyl/N-ethyl adjacent to an activating group) is 1. The number of hydrogen-bond acceptors (Lipinski definition) is 2. The Bertz CT molecular complexity index is 169. The highest BCUT2D eigenvalue weighted by Gasteiger charge is 2.26. The SMILES string of the molecule is CC(C)CNCCN(C)CCCC(F)(F)F. The summed E-state index contributed by atoms with van der Waals surface area (Å²) in [5.74, 6) is 0.607. The van der Waals surface area contributed by atoms with Gasteiger partial charge < -0.3 is 10.2 Å². The van der Waals surface area contributed by atoms with Gasteiger partial charge in [-0.15, -0.1) is 0 Å². The van der Waals surface area contributed by atoms with E-state index in [-0.39, 0.29) is 6.42 Å². The maximum atomic E-state index is 11.9. The van der Waals surface area contributed by atoms with E-state index in [9.17, 15) is 13.2 Å². The standard InChI is InChI=1S/C11H23F3N2/c1-10(2)9-15-6-8-16(3)7-4-5-11(12,13)14/h10,15H,4-9H2,1-3H3. The molecule has 1 N–H and O–H groups in total. The van der Waals surface area contributed by atoms with Crippen LogP contribution >= 0.6 is 0 Å². The molecule has 0 aliphatic rings. The van der Waals surface area contributed by atoms with E-state index < -0.39 is 12.6 Å². The van der Waals surface area contributed by atoms with Crippen LogP contribution in [0.4, 0.5) is 13.2 Å². The van der Waals surface area contributed by atoms with Crippen LogP contribution in [0.1, 0.15) is 26.7 Å². The van der Waals surface area contributed by atoms with Crippen LogP contribution in [0.3, 0.4) is 0 Å². The quantitative estimate of drug-likeness (QED) is 0.656. The molecule has 0 radical (unpaired) electrons. The highest BCUT2D eigenvalue weighted by atomic mass is 19.4. The molecular weight excluding hydrogens is 217 g/mol. The van der Waals surface area contributed by atoms with Gasteiger partial charge in [-0.05, 0) is 32.5 Å². The first-order valence-corrected chi connectivity index (χ1v) is 5.77. The smallest absolute Gasteiger partial charge is 0.315 e. The van der Waals surface area contributed by atoms with Crippen LogP contribution < -0.4 is 5.32 Å². The van der Waals surface area contributed by atoms with Gasteiger partial charge in [0.15, 0.2) is 0 Å². The van der Waals surface area contributed by atoms with Crippen molar-refractivity contribution in [3.05, 3.63) is 0 Å². The van der Waals surface area contributed by atoms with Crippen LogP contribution in [-0.2, 0) is 0 Å². The van der Waals surface area contributed by atoms with Gasteiger partial charge in [0.2, 0.25) is 0 Å². The Morgan fingerprint density at radius 2 is 1.81 bits per heavy atom. The lowest BCUT2D eigenvalue weighted by molar-refractivity contribution is -0.136. The predicted octanol–water partition coefficient (Wildman–Crippen LogP) is 2.51. The Kier molecular flexibility index (Phi) is 7.76. The van der Waals surface area contributed by atoms with Crippen molar-refractivity contribution >= 4 is 0 Å². The van der Waals surface area contributed by atoms with E-state index in [0.29, 0.717) is 12.5 Å². The number of rotatable bonds is 8. The van der Waals surface area contributed by atoms with E-state index in [1.54, 1.807) is 0 Å². The topological polar surface area (TPSA) is 15.3 Å². The lowest BCUT2D eigenvalue weighted by Gasteiger charge is -2.17. The molecule has 98 valence electrons. The summed E-state index contributed by atoms with van der Waals surface area (Å²) in [6, 6.07) is 0. The van der Waals surface area contributed by atoms with E-state index in [1.807, 2.05) is 11.9 Å². The zero-order valence-corrected chi connectivity index (χ0v) is 10.4. The van der Waals surface area contributed by atoms with Gasteiger partial charge in [-0.3, -0.25) is 0 Å². The molecule has 2 nitrogen and oxygen atoms in total. The van der Waals surface area contributed by atoms with Crippen molar-refractivity contribution in [3.63, 3.8) is 0 Å². The molecule has 0 amide bonds. The van der Waals surface area contributed by atoms with Crippen LogP contribution in [0, 0.1) is 5.92 Å². The third-order valence-electron chi connectivity index (χ3n) is 2.22. The third-order valence-corrected chi connectivity index (χ3v) is 2.22. The minimum Gasteiger partial charge on any atom is -0.315 e. The largest absolute Gasteiger partial charge is 0.389 e. The minimum absolute atomic E-state index is 0.185. The van der Waals surface area contributed by atoms with Gasteiger partial charge in [-0.2, -0.15) is 13.2 Å². The van der Waals surface area contributed by atoms with E-state index in [4.69, 9.17) is 0 Å². The summed E-state index contributed by atoms with van der Waals surface area (Å²) in [4.78, 5) is 1.93. The van der Waals surface area contributed by atoms with Crippen molar-refractivity contribution in [2.24, 2.45) is 5.92 Å². The summed E-state index contributed by atoms with van der Waals surface area (Å²) < 4.78 is 35.6. The maximum absolute atomic E-state index is 11.9. The zero-order chi connectivity index (χ0) is 12.6. The normalized spacial score (nSPS) is 12.8. The van der Waals surface area contributed by atoms with Crippen molar-refractivity contribution in [3.8, 4) is 0 Å². The first-order valence-electron chi connectivity index (χ1n) is 5.77. The van der Waals surface area contributed by atoms with Gasteiger partial charge in [0.05, 0.1) is 0 Å². The van der Waals surface area contributed by atoms with Gasteiger partial charge in [0, 0.05) is 19.5 Å². The Labute approximate surface area is 96.2 Å². The second kappa shape index (κ2) is 7.90. The molecule has 0 saturated carbocycles. The fourth-order valence-electron chi connectivity index (χ4n) is 1.32. The number of nitrogens with one attached hydrogen (secondary N) is 1. The summed E-state index contributed by atoms with van der Waals surface area (Å²) in [6.45, 7) is 7.34. The Morgan fingerprint density at radius 1 is 1.19 bits per heavy atom. The molecule has 0 heterocycles. The molecule has 0 bridgehead atoms. The fourth-order valence-corrected chi connectivity index (χ4v) is 1.32. The number of halogens is 3. The summed E-state index contributed by atoms with van der Waals surface area (Å²) in [6.07, 6.45) is -4.52. The lowest BCUT2D eigenvalue weighted by atomic mass is 10.2. The van der Waals surface area contributed by atoms with Crippen LogP contribution in [-0.4, -0.2) is 44.3 Å². The fraction of sp³-hybridized carbons (Fsp3) is 1.00. The van der Waals surface area contributed by atoms with E-state index in [2.05, 4.69) is 19.2 Å². The third kappa shape index (κ3) is 11.8. The maximum Gasteiger partial charge on any atom is 0.389 e. The second-order valence-corrected chi connectivity index (χ2v) is 4.62. The molecule has 0 fully saturated rings. The summed E-state index contributed by atoms with van der Waals surface area (Å²) in [5.41, 5.74) is 0. The minimum atomic E-state index is -4.02. The summed E-state index contributed by atoms with van der Waals surface area (Å²) in [5, 5.41) is 3.26. The van der Waals surface area contributed by atoms with Crippen LogP contribution in [0.5, 0.6) is 0 Å². The van der Waals surface area contributed by atoms with Crippen molar-refractivity contribution in [1.29, 1.82) is 0 Å². The molecule has 16 heavy (non-hydrogen) atoms. The molecule has 0 unspecified atom stereocenters. The second-order valence-electron chi connectivity index (χ2n) is 4.62. The predicted molar refractivity (Wildman–Crippen MR) is 60.5 cm³/mol. The van der Waals surface area contributed by atoms with Crippen molar-refractivity contribution in [2.75, 3.05) is 33.2 Å². The lowest BCUT2D eigenvalue weighted by Crippen LogP contribution is -2.32. The van der Waals surface area contributed by atoms with Crippen LogP contribution in [0.2, 0.25) is 0 Å². The van der Waals surface area contributed by atoms with E-state index >= 15 is 0 Å². The Balaban J connectivity index is 3.35. The molecule has 5 heteroatoms.